The van der Waals surface area contributed by atoms with Crippen molar-refractivity contribution in [1.82, 2.24) is 4.90 Å². The smallest absolute Gasteiger partial charge is 0.349 e. The lowest BCUT2D eigenvalue weighted by Crippen LogP contribution is -2.22. The van der Waals surface area contributed by atoms with E-state index in [1.54, 1.807) is 0 Å². The van der Waals surface area contributed by atoms with Crippen LogP contribution in [-0.2, 0) is 23.6 Å². The SMILES string of the molecule is CN(C)C(=O)CCc1cc(C(F)(F)F)cc(C(F)(F)F)c1. The van der Waals surface area contributed by atoms with Gasteiger partial charge in [0.15, 0.2) is 0 Å². The van der Waals surface area contributed by atoms with E-state index in [9.17, 15) is 31.1 Å². The van der Waals surface area contributed by atoms with E-state index in [0.29, 0.717) is 12.1 Å². The van der Waals surface area contributed by atoms with Crippen LogP contribution in [0.1, 0.15) is 23.1 Å². The van der Waals surface area contributed by atoms with Crippen LogP contribution in [0, 0.1) is 0 Å². The van der Waals surface area contributed by atoms with Gasteiger partial charge in [-0.1, -0.05) is 0 Å². The highest BCUT2D eigenvalue weighted by Gasteiger charge is 2.36. The summed E-state index contributed by atoms with van der Waals surface area (Å²) in [6.45, 7) is 0. The molecule has 0 N–H and O–H groups in total. The van der Waals surface area contributed by atoms with Gasteiger partial charge in [0, 0.05) is 20.5 Å². The Morgan fingerprint density at radius 3 is 1.71 bits per heavy atom. The fourth-order valence-corrected chi connectivity index (χ4v) is 1.64. The van der Waals surface area contributed by atoms with Crippen molar-refractivity contribution in [3.8, 4) is 0 Å². The van der Waals surface area contributed by atoms with Crippen LogP contribution in [-0.4, -0.2) is 24.9 Å². The van der Waals surface area contributed by atoms with Gasteiger partial charge >= 0.3 is 12.4 Å². The van der Waals surface area contributed by atoms with E-state index in [0.717, 1.165) is 0 Å². The first kappa shape index (κ1) is 17.3. The van der Waals surface area contributed by atoms with Crippen LogP contribution in [0.2, 0.25) is 0 Å². The Kier molecular flexibility index (Phi) is 4.91. The number of aryl methyl sites for hydroxylation is 1. The predicted molar refractivity (Wildman–Crippen MR) is 63.5 cm³/mol. The number of amides is 1. The van der Waals surface area contributed by atoms with Crippen LogP contribution in [0.4, 0.5) is 26.3 Å². The van der Waals surface area contributed by atoms with Crippen LogP contribution < -0.4 is 0 Å². The van der Waals surface area contributed by atoms with Gasteiger partial charge < -0.3 is 4.90 Å². The third kappa shape index (κ3) is 4.95. The molecule has 0 saturated carbocycles. The van der Waals surface area contributed by atoms with Crippen molar-refractivity contribution >= 4 is 5.91 Å². The third-order valence-electron chi connectivity index (χ3n) is 2.77. The van der Waals surface area contributed by atoms with Gasteiger partial charge in [-0.3, -0.25) is 4.79 Å². The fourth-order valence-electron chi connectivity index (χ4n) is 1.64. The van der Waals surface area contributed by atoms with Gasteiger partial charge in [-0.05, 0) is 30.2 Å². The van der Waals surface area contributed by atoms with Gasteiger partial charge in [-0.25, -0.2) is 0 Å². The van der Waals surface area contributed by atoms with E-state index in [4.69, 9.17) is 0 Å². The number of nitrogens with zero attached hydrogens (tertiary/aromatic N) is 1. The summed E-state index contributed by atoms with van der Waals surface area (Å²) < 4.78 is 75.7. The molecule has 1 rings (SSSR count). The predicted octanol–water partition coefficient (Wildman–Crippen LogP) is 3.75. The highest BCUT2D eigenvalue weighted by atomic mass is 19.4. The lowest BCUT2D eigenvalue weighted by atomic mass is 10.0. The maximum atomic E-state index is 12.6. The highest BCUT2D eigenvalue weighted by molar-refractivity contribution is 5.75. The van der Waals surface area contributed by atoms with E-state index in [2.05, 4.69) is 0 Å². The summed E-state index contributed by atoms with van der Waals surface area (Å²) in [6, 6.07) is 1.34. The molecule has 118 valence electrons. The molecular weight excluding hydrogens is 300 g/mol. The van der Waals surface area contributed by atoms with Gasteiger partial charge in [0.05, 0.1) is 11.1 Å². The lowest BCUT2D eigenvalue weighted by Gasteiger charge is -2.15. The zero-order valence-electron chi connectivity index (χ0n) is 11.3. The molecule has 21 heavy (non-hydrogen) atoms. The lowest BCUT2D eigenvalue weighted by molar-refractivity contribution is -0.143. The number of halogens is 6. The van der Waals surface area contributed by atoms with Gasteiger partial charge in [0.2, 0.25) is 5.91 Å². The molecule has 0 radical (unpaired) electrons. The molecule has 0 spiro atoms. The molecule has 1 aromatic rings. The van der Waals surface area contributed by atoms with Gasteiger partial charge in [0.1, 0.15) is 0 Å². The largest absolute Gasteiger partial charge is 0.416 e. The minimum atomic E-state index is -4.87. The Morgan fingerprint density at radius 1 is 0.952 bits per heavy atom. The molecule has 0 fully saturated rings. The average Bonchev–Trinajstić information content (AvgIpc) is 2.33. The quantitative estimate of drug-likeness (QED) is 0.778. The first-order valence-electron chi connectivity index (χ1n) is 5.90. The van der Waals surface area contributed by atoms with Crippen molar-refractivity contribution < 1.29 is 31.1 Å². The summed E-state index contributed by atoms with van der Waals surface area (Å²) >= 11 is 0. The zero-order chi connectivity index (χ0) is 16.4. The Hall–Kier alpha value is -1.73. The Labute approximate surface area is 117 Å². The maximum Gasteiger partial charge on any atom is 0.416 e. The molecule has 1 aromatic carbocycles. The zero-order valence-corrected chi connectivity index (χ0v) is 11.3. The van der Waals surface area contributed by atoms with Crippen LogP contribution in [0.15, 0.2) is 18.2 Å². The number of hydrogen-bond donors (Lipinski definition) is 0. The summed E-state index contributed by atoms with van der Waals surface area (Å²) in [6.07, 6.45) is -10.1. The van der Waals surface area contributed by atoms with Crippen molar-refractivity contribution in [2.24, 2.45) is 0 Å². The van der Waals surface area contributed by atoms with Crippen LogP contribution >= 0.6 is 0 Å². The van der Waals surface area contributed by atoms with Gasteiger partial charge in [-0.15, -0.1) is 0 Å². The van der Waals surface area contributed by atoms with E-state index in [1.165, 1.54) is 19.0 Å². The summed E-state index contributed by atoms with van der Waals surface area (Å²) in [5.41, 5.74) is -2.92. The Bertz CT molecular complexity index is 486. The number of alkyl halides is 6. The molecule has 0 aliphatic rings. The molecule has 0 aromatic heterocycles. The molecule has 8 heteroatoms. The van der Waals surface area contributed by atoms with E-state index >= 15 is 0 Å². The second-order valence-electron chi connectivity index (χ2n) is 4.70. The normalized spacial score (nSPS) is 12.4. The number of hydrogen-bond acceptors (Lipinski definition) is 1. The van der Waals surface area contributed by atoms with Crippen LogP contribution in [0.25, 0.3) is 0 Å². The van der Waals surface area contributed by atoms with Crippen molar-refractivity contribution in [3.05, 3.63) is 34.9 Å². The topological polar surface area (TPSA) is 20.3 Å². The molecule has 0 atom stereocenters. The van der Waals surface area contributed by atoms with Gasteiger partial charge in [0.25, 0.3) is 0 Å². The molecule has 2 nitrogen and oxygen atoms in total. The standard InChI is InChI=1S/C13H13F6NO/c1-20(2)11(21)4-3-8-5-9(12(14,15)16)7-10(6-8)13(17,18)19/h5-7H,3-4H2,1-2H3. The molecule has 0 saturated heterocycles. The number of benzene rings is 1. The summed E-state index contributed by atoms with van der Waals surface area (Å²) in [4.78, 5) is 12.6. The van der Waals surface area contributed by atoms with Crippen molar-refractivity contribution in [2.45, 2.75) is 25.2 Å². The summed E-state index contributed by atoms with van der Waals surface area (Å²) in [7, 11) is 2.91. The molecule has 0 unspecified atom stereocenters. The second kappa shape index (κ2) is 5.95. The maximum absolute atomic E-state index is 12.6. The monoisotopic (exact) mass is 313 g/mol. The molecule has 0 heterocycles. The summed E-state index contributed by atoms with van der Waals surface area (Å²) in [5, 5.41) is 0. The van der Waals surface area contributed by atoms with Crippen molar-refractivity contribution in [3.63, 3.8) is 0 Å². The third-order valence-corrected chi connectivity index (χ3v) is 2.77. The molecule has 1 amide bonds. The second-order valence-corrected chi connectivity index (χ2v) is 4.70. The Balaban J connectivity index is 3.11. The van der Waals surface area contributed by atoms with E-state index < -0.39 is 23.5 Å². The molecular formula is C13H13F6NO. The number of rotatable bonds is 3. The fraction of sp³-hybridized carbons (Fsp3) is 0.462. The minimum absolute atomic E-state index is 0.0667. The first-order valence-corrected chi connectivity index (χ1v) is 5.90. The van der Waals surface area contributed by atoms with E-state index in [1.807, 2.05) is 0 Å². The average molecular weight is 313 g/mol. The first-order chi connectivity index (χ1) is 9.41. The van der Waals surface area contributed by atoms with Crippen LogP contribution in [0.5, 0.6) is 0 Å². The van der Waals surface area contributed by atoms with Gasteiger partial charge in [-0.2, -0.15) is 26.3 Å². The van der Waals surface area contributed by atoms with Crippen molar-refractivity contribution in [2.75, 3.05) is 14.1 Å². The Morgan fingerprint density at radius 2 is 1.38 bits per heavy atom. The molecule has 0 bridgehead atoms. The minimum Gasteiger partial charge on any atom is -0.349 e. The molecule has 0 aliphatic heterocycles. The number of carbonyl (C=O) groups is 1. The highest BCUT2D eigenvalue weighted by Crippen LogP contribution is 2.36. The van der Waals surface area contributed by atoms with E-state index in [-0.39, 0.29) is 30.4 Å². The van der Waals surface area contributed by atoms with Crippen molar-refractivity contribution in [1.29, 1.82) is 0 Å². The van der Waals surface area contributed by atoms with Crippen LogP contribution in [0.3, 0.4) is 0 Å². The molecule has 0 aliphatic carbocycles. The summed E-state index contributed by atoms with van der Waals surface area (Å²) in [5.74, 6) is -0.374. The number of carbonyl (C=O) groups excluding carboxylic acids is 1.